The summed E-state index contributed by atoms with van der Waals surface area (Å²) in [5.41, 5.74) is 20.7. The van der Waals surface area contributed by atoms with Gasteiger partial charge in [0.25, 0.3) is 0 Å². The molecule has 7 aromatic carbocycles. The van der Waals surface area contributed by atoms with Gasteiger partial charge in [0.05, 0.1) is 16.8 Å². The van der Waals surface area contributed by atoms with Gasteiger partial charge in [-0.05, 0) is 91.0 Å². The van der Waals surface area contributed by atoms with E-state index < -0.39 is 5.41 Å². The van der Waals surface area contributed by atoms with Gasteiger partial charge in [0, 0.05) is 34.6 Å². The summed E-state index contributed by atoms with van der Waals surface area (Å²) in [6.45, 7) is 0. The maximum absolute atomic E-state index is 4.95. The number of hydrogen-bond acceptors (Lipinski definition) is 2. The predicted molar refractivity (Wildman–Crippen MR) is 226 cm³/mol. The molecule has 55 heavy (non-hydrogen) atoms. The molecule has 9 aromatic rings. The second-order valence-electron chi connectivity index (χ2n) is 14.5. The lowest BCUT2D eigenvalue weighted by molar-refractivity contribution is 0.776. The monoisotopic (exact) mass is 698 g/mol. The van der Waals surface area contributed by atoms with Gasteiger partial charge in [0.1, 0.15) is 0 Å². The summed E-state index contributed by atoms with van der Waals surface area (Å²) >= 11 is 0. The van der Waals surface area contributed by atoms with Crippen molar-refractivity contribution in [3.05, 3.63) is 229 Å². The topological polar surface area (TPSA) is 25.8 Å². The molecule has 0 fully saturated rings. The summed E-state index contributed by atoms with van der Waals surface area (Å²) in [5, 5.41) is 0. The third-order valence-electron chi connectivity index (χ3n) is 11.6. The molecule has 0 N–H and O–H groups in total. The lowest BCUT2D eigenvalue weighted by Crippen LogP contribution is -2.29. The molecule has 0 amide bonds. The molecular weight excluding hydrogens is 665 g/mol. The maximum atomic E-state index is 4.95. The molecule has 1 spiro atoms. The number of benzene rings is 7. The van der Waals surface area contributed by atoms with E-state index in [9.17, 15) is 0 Å². The first-order valence-electron chi connectivity index (χ1n) is 18.9. The minimum Gasteiger partial charge on any atom is -0.256 e. The quantitative estimate of drug-likeness (QED) is 0.183. The fraction of sp³-hybridized carbons (Fsp3) is 0.0189. The van der Waals surface area contributed by atoms with Gasteiger partial charge in [-0.15, -0.1) is 0 Å². The van der Waals surface area contributed by atoms with Crippen LogP contribution in [0.25, 0.3) is 78.1 Å². The van der Waals surface area contributed by atoms with Crippen LogP contribution in [0.3, 0.4) is 0 Å². The van der Waals surface area contributed by atoms with Crippen molar-refractivity contribution in [1.29, 1.82) is 0 Å². The van der Waals surface area contributed by atoms with E-state index >= 15 is 0 Å². The summed E-state index contributed by atoms with van der Waals surface area (Å²) in [6, 6.07) is 70.6. The van der Waals surface area contributed by atoms with Crippen LogP contribution in [-0.2, 0) is 5.41 Å². The van der Waals surface area contributed by atoms with E-state index in [4.69, 9.17) is 9.97 Å². The molecule has 0 radical (unpaired) electrons. The summed E-state index contributed by atoms with van der Waals surface area (Å²) in [6.07, 6.45) is 4.05. The largest absolute Gasteiger partial charge is 0.256 e. The first-order chi connectivity index (χ1) is 27.3. The highest BCUT2D eigenvalue weighted by molar-refractivity contribution is 5.98. The lowest BCUT2D eigenvalue weighted by Gasteiger charge is -2.36. The van der Waals surface area contributed by atoms with Gasteiger partial charge in [0.15, 0.2) is 0 Å². The second kappa shape index (κ2) is 12.5. The summed E-state index contributed by atoms with van der Waals surface area (Å²) in [5.74, 6) is 0. The van der Waals surface area contributed by atoms with Gasteiger partial charge in [-0.2, -0.15) is 0 Å². The van der Waals surface area contributed by atoms with Crippen molar-refractivity contribution >= 4 is 0 Å². The van der Waals surface area contributed by atoms with Crippen molar-refractivity contribution < 1.29 is 0 Å². The first kappa shape index (κ1) is 31.4. The number of fused-ring (bicyclic) bond motifs is 12. The van der Waals surface area contributed by atoms with Gasteiger partial charge in [-0.1, -0.05) is 170 Å². The van der Waals surface area contributed by atoms with Crippen LogP contribution in [0.2, 0.25) is 0 Å². The number of pyridine rings is 2. The van der Waals surface area contributed by atoms with E-state index in [1.807, 2.05) is 24.5 Å². The molecule has 0 unspecified atom stereocenters. The molecule has 0 saturated heterocycles. The molecule has 2 heteroatoms. The maximum Gasteiger partial charge on any atom is 0.0725 e. The number of nitrogens with zero attached hydrogens (tertiary/aromatic N) is 2. The van der Waals surface area contributed by atoms with E-state index in [-0.39, 0.29) is 0 Å². The Morgan fingerprint density at radius 3 is 1.04 bits per heavy atom. The van der Waals surface area contributed by atoms with E-state index in [0.717, 1.165) is 44.8 Å². The third kappa shape index (κ3) is 4.82. The van der Waals surface area contributed by atoms with Crippen LogP contribution in [-0.4, -0.2) is 9.97 Å². The van der Waals surface area contributed by atoms with E-state index in [1.54, 1.807) is 0 Å². The Labute approximate surface area is 321 Å². The van der Waals surface area contributed by atoms with Crippen molar-refractivity contribution in [2.75, 3.05) is 0 Å². The van der Waals surface area contributed by atoms with E-state index in [2.05, 4.69) is 182 Å². The Balaban J connectivity index is 1.19. The third-order valence-corrected chi connectivity index (χ3v) is 11.6. The fourth-order valence-electron chi connectivity index (χ4n) is 9.14. The minimum atomic E-state index is -0.599. The van der Waals surface area contributed by atoms with Gasteiger partial charge in [-0.25, -0.2) is 0 Å². The van der Waals surface area contributed by atoms with E-state index in [1.165, 1.54) is 55.6 Å². The molecule has 2 aromatic heterocycles. The van der Waals surface area contributed by atoms with Crippen LogP contribution in [0.4, 0.5) is 0 Å². The van der Waals surface area contributed by atoms with E-state index in [0.29, 0.717) is 0 Å². The van der Waals surface area contributed by atoms with Crippen molar-refractivity contribution in [1.82, 2.24) is 9.97 Å². The molecule has 0 aliphatic heterocycles. The zero-order valence-corrected chi connectivity index (χ0v) is 30.0. The highest BCUT2D eigenvalue weighted by Crippen LogP contribution is 2.62. The zero-order chi connectivity index (χ0) is 36.3. The Kier molecular flexibility index (Phi) is 7.11. The van der Waals surface area contributed by atoms with Gasteiger partial charge in [-0.3, -0.25) is 9.97 Å². The number of rotatable bonds is 4. The van der Waals surface area contributed by atoms with Crippen LogP contribution in [0.5, 0.6) is 0 Å². The fourth-order valence-corrected chi connectivity index (χ4v) is 9.14. The van der Waals surface area contributed by atoms with Crippen LogP contribution in [0.1, 0.15) is 22.3 Å². The molecule has 2 aliphatic carbocycles. The molecule has 2 aliphatic rings. The summed E-state index contributed by atoms with van der Waals surface area (Å²) in [4.78, 5) is 9.91. The minimum absolute atomic E-state index is 0.599. The Morgan fingerprint density at radius 2 is 0.618 bits per heavy atom. The molecule has 2 nitrogen and oxygen atoms in total. The highest BCUT2D eigenvalue weighted by Gasteiger charge is 2.49. The van der Waals surface area contributed by atoms with Crippen LogP contribution < -0.4 is 0 Å². The number of aromatic nitrogens is 2. The summed E-state index contributed by atoms with van der Waals surface area (Å²) < 4.78 is 0. The van der Waals surface area contributed by atoms with Gasteiger partial charge in [0.2, 0.25) is 0 Å². The Morgan fingerprint density at radius 1 is 0.255 bits per heavy atom. The molecule has 2 heterocycles. The van der Waals surface area contributed by atoms with Crippen molar-refractivity contribution in [3.63, 3.8) is 0 Å². The molecule has 0 saturated carbocycles. The normalized spacial score (nSPS) is 12.9. The molecule has 0 bridgehead atoms. The molecule has 0 atom stereocenters. The van der Waals surface area contributed by atoms with Crippen molar-refractivity contribution in [3.8, 4) is 78.1 Å². The van der Waals surface area contributed by atoms with Crippen molar-refractivity contribution in [2.24, 2.45) is 0 Å². The lowest BCUT2D eigenvalue weighted by atomic mass is 9.65. The van der Waals surface area contributed by atoms with Gasteiger partial charge >= 0.3 is 0 Å². The number of hydrogen-bond donors (Lipinski definition) is 0. The zero-order valence-electron chi connectivity index (χ0n) is 30.0. The first-order valence-corrected chi connectivity index (χ1v) is 18.9. The Hall–Kier alpha value is -7.16. The smallest absolute Gasteiger partial charge is 0.0725 e. The summed E-state index contributed by atoms with van der Waals surface area (Å²) in [7, 11) is 0. The molecular formula is C53H34N2. The molecule has 256 valence electrons. The standard InChI is InChI=1S/C53H34N2/c1-3-13-35(14-4-1)51-29-25-39(33-54-51)37-23-27-45-41-17-7-8-18-42(41)46-28-24-38(40-26-30-52(55-34-40)36-15-5-2-6-16-36)32-50(46)53(49(45)31-37)47-21-11-9-19-43(47)44-20-10-12-22-48(44)53/h1-34H. The average Bonchev–Trinajstić information content (AvgIpc) is 3.52. The second-order valence-corrected chi connectivity index (χ2v) is 14.5. The van der Waals surface area contributed by atoms with Crippen LogP contribution >= 0.6 is 0 Å². The molecule has 11 rings (SSSR count). The Bertz CT molecular complexity index is 2690. The van der Waals surface area contributed by atoms with Crippen LogP contribution in [0, 0.1) is 0 Å². The SMILES string of the molecule is c1ccc(-c2ccc(-c3ccc4c(c3)C3(c5cc(-c6ccc(-c7ccccc7)nc6)ccc5-c5ccccc5-4)c4ccccc4-c4ccccc43)cn2)cc1. The highest BCUT2D eigenvalue weighted by atomic mass is 14.7. The van der Waals surface area contributed by atoms with Crippen molar-refractivity contribution in [2.45, 2.75) is 5.41 Å². The van der Waals surface area contributed by atoms with Crippen LogP contribution in [0.15, 0.2) is 207 Å². The predicted octanol–water partition coefficient (Wildman–Crippen LogP) is 13.2. The van der Waals surface area contributed by atoms with Gasteiger partial charge < -0.3 is 0 Å². The average molecular weight is 699 g/mol.